The van der Waals surface area contributed by atoms with Crippen molar-refractivity contribution in [1.82, 2.24) is 0 Å². The molecule has 1 unspecified atom stereocenters. The van der Waals surface area contributed by atoms with Gasteiger partial charge in [0.05, 0.1) is 6.04 Å². The Morgan fingerprint density at radius 3 is 2.62 bits per heavy atom. The van der Waals surface area contributed by atoms with Crippen molar-refractivity contribution in [3.63, 3.8) is 0 Å². The van der Waals surface area contributed by atoms with Crippen LogP contribution in [0.4, 0.5) is 0 Å². The fraction of sp³-hybridized carbons (Fsp3) is 0.727. The molecule has 0 fully saturated rings. The summed E-state index contributed by atoms with van der Waals surface area (Å²) in [4.78, 5) is 11.4. The van der Waals surface area contributed by atoms with Crippen LogP contribution in [0.2, 0.25) is 0 Å². The average Bonchev–Trinajstić information content (AvgIpc) is 2.03. The zero-order chi connectivity index (χ0) is 10.3. The second kappa shape index (κ2) is 6.68. The maximum atomic E-state index is 11.4. The Kier molecular flexibility index (Phi) is 6.26. The molecule has 0 bridgehead atoms. The van der Waals surface area contributed by atoms with E-state index in [2.05, 4.69) is 19.8 Å². The van der Waals surface area contributed by atoms with Crippen LogP contribution in [0.3, 0.4) is 0 Å². The number of carbonyl (C=O) groups is 1. The fourth-order valence-electron chi connectivity index (χ4n) is 1.19. The number of hydrogen-bond acceptors (Lipinski definition) is 2. The van der Waals surface area contributed by atoms with E-state index < -0.39 is 0 Å². The number of terminal acetylenes is 1. The van der Waals surface area contributed by atoms with Gasteiger partial charge in [0.15, 0.2) is 0 Å². The smallest absolute Gasteiger partial charge is 0.149 e. The molecule has 0 aliphatic heterocycles. The lowest BCUT2D eigenvalue weighted by molar-refractivity contribution is -0.120. The lowest BCUT2D eigenvalue weighted by Crippen LogP contribution is -2.31. The topological polar surface area (TPSA) is 43.1 Å². The predicted octanol–water partition coefficient (Wildman–Crippen LogP) is 1.73. The zero-order valence-electron chi connectivity index (χ0n) is 8.55. The summed E-state index contributed by atoms with van der Waals surface area (Å²) in [5, 5.41) is 0. The van der Waals surface area contributed by atoms with E-state index in [0.29, 0.717) is 18.8 Å². The number of nitrogens with two attached hydrogens (primary N) is 1. The molecule has 0 rings (SSSR count). The molecule has 0 aromatic rings. The minimum atomic E-state index is -0.294. The van der Waals surface area contributed by atoms with Gasteiger partial charge >= 0.3 is 0 Å². The van der Waals surface area contributed by atoms with Crippen molar-refractivity contribution in [3.05, 3.63) is 0 Å². The van der Waals surface area contributed by atoms with Gasteiger partial charge < -0.3 is 5.73 Å². The largest absolute Gasteiger partial charge is 0.322 e. The van der Waals surface area contributed by atoms with Crippen LogP contribution in [-0.2, 0) is 4.79 Å². The highest BCUT2D eigenvalue weighted by molar-refractivity contribution is 5.83. The highest BCUT2D eigenvalue weighted by atomic mass is 16.1. The molecule has 13 heavy (non-hydrogen) atoms. The quantitative estimate of drug-likeness (QED) is 0.501. The molecular weight excluding hydrogens is 162 g/mol. The van der Waals surface area contributed by atoms with Crippen LogP contribution in [0.15, 0.2) is 0 Å². The maximum absolute atomic E-state index is 11.4. The van der Waals surface area contributed by atoms with E-state index in [1.807, 2.05) is 0 Å². The molecular formula is C11H19NO. The molecule has 0 saturated carbocycles. The van der Waals surface area contributed by atoms with Gasteiger partial charge in [0.25, 0.3) is 0 Å². The Morgan fingerprint density at radius 1 is 1.54 bits per heavy atom. The molecule has 74 valence electrons. The monoisotopic (exact) mass is 181 g/mol. The van der Waals surface area contributed by atoms with Crippen molar-refractivity contribution in [3.8, 4) is 12.3 Å². The summed E-state index contributed by atoms with van der Waals surface area (Å²) < 4.78 is 0. The van der Waals surface area contributed by atoms with Crippen LogP contribution in [0.25, 0.3) is 0 Å². The first-order chi connectivity index (χ1) is 6.07. The first-order valence-corrected chi connectivity index (χ1v) is 4.79. The zero-order valence-corrected chi connectivity index (χ0v) is 8.55. The summed E-state index contributed by atoms with van der Waals surface area (Å²) in [6, 6.07) is -0.294. The van der Waals surface area contributed by atoms with Crippen molar-refractivity contribution in [2.75, 3.05) is 0 Å². The van der Waals surface area contributed by atoms with Gasteiger partial charge in [0, 0.05) is 12.8 Å². The van der Waals surface area contributed by atoms with Gasteiger partial charge in [0.2, 0.25) is 0 Å². The molecule has 0 heterocycles. The molecule has 1 atom stereocenters. The first-order valence-electron chi connectivity index (χ1n) is 4.79. The number of hydrogen-bond donors (Lipinski definition) is 1. The second-order valence-corrected chi connectivity index (χ2v) is 3.76. The molecule has 0 aliphatic rings. The van der Waals surface area contributed by atoms with E-state index >= 15 is 0 Å². The normalized spacial score (nSPS) is 12.5. The van der Waals surface area contributed by atoms with Crippen LogP contribution in [0.5, 0.6) is 0 Å². The van der Waals surface area contributed by atoms with Gasteiger partial charge in [-0.15, -0.1) is 12.3 Å². The van der Waals surface area contributed by atoms with E-state index in [0.717, 1.165) is 12.8 Å². The summed E-state index contributed by atoms with van der Waals surface area (Å²) in [6.45, 7) is 4.13. The summed E-state index contributed by atoms with van der Waals surface area (Å²) >= 11 is 0. The summed E-state index contributed by atoms with van der Waals surface area (Å²) in [5.74, 6) is 3.13. The molecule has 0 spiro atoms. The van der Waals surface area contributed by atoms with Gasteiger partial charge in [-0.25, -0.2) is 0 Å². The molecule has 0 radical (unpaired) electrons. The highest BCUT2D eigenvalue weighted by Crippen LogP contribution is 2.06. The van der Waals surface area contributed by atoms with Crippen LogP contribution >= 0.6 is 0 Å². The summed E-state index contributed by atoms with van der Waals surface area (Å²) in [5.41, 5.74) is 5.70. The van der Waals surface area contributed by atoms with Crippen molar-refractivity contribution >= 4 is 5.78 Å². The van der Waals surface area contributed by atoms with Crippen molar-refractivity contribution in [2.24, 2.45) is 11.7 Å². The molecule has 2 heteroatoms. The van der Waals surface area contributed by atoms with E-state index in [1.165, 1.54) is 0 Å². The SMILES string of the molecule is C#CCCCC(=O)C(N)CC(C)C. The highest BCUT2D eigenvalue weighted by Gasteiger charge is 2.13. The Bertz CT molecular complexity index is 191. The fourth-order valence-corrected chi connectivity index (χ4v) is 1.19. The lowest BCUT2D eigenvalue weighted by atomic mass is 9.98. The number of ketones is 1. The standard InChI is InChI=1S/C11H19NO/c1-4-5-6-7-11(13)10(12)8-9(2)3/h1,9-10H,5-8,12H2,2-3H3. The van der Waals surface area contributed by atoms with Crippen molar-refractivity contribution in [2.45, 2.75) is 45.6 Å². The van der Waals surface area contributed by atoms with E-state index in [-0.39, 0.29) is 11.8 Å². The van der Waals surface area contributed by atoms with Gasteiger partial charge in [-0.1, -0.05) is 13.8 Å². The molecule has 0 amide bonds. The number of rotatable bonds is 6. The Balaban J connectivity index is 3.64. The maximum Gasteiger partial charge on any atom is 0.149 e. The second-order valence-electron chi connectivity index (χ2n) is 3.76. The van der Waals surface area contributed by atoms with E-state index in [1.54, 1.807) is 0 Å². The van der Waals surface area contributed by atoms with Crippen molar-refractivity contribution in [1.29, 1.82) is 0 Å². The van der Waals surface area contributed by atoms with Gasteiger partial charge in [0.1, 0.15) is 5.78 Å². The molecule has 2 N–H and O–H groups in total. The third-order valence-corrected chi connectivity index (χ3v) is 1.88. The van der Waals surface area contributed by atoms with Crippen LogP contribution in [-0.4, -0.2) is 11.8 Å². The first kappa shape index (κ1) is 12.2. The van der Waals surface area contributed by atoms with Gasteiger partial charge in [-0.3, -0.25) is 4.79 Å². The molecule has 2 nitrogen and oxygen atoms in total. The third kappa shape index (κ3) is 6.36. The lowest BCUT2D eigenvalue weighted by Gasteiger charge is -2.12. The molecule has 0 saturated heterocycles. The Hall–Kier alpha value is -0.810. The summed E-state index contributed by atoms with van der Waals surface area (Å²) in [6.07, 6.45) is 7.81. The summed E-state index contributed by atoms with van der Waals surface area (Å²) in [7, 11) is 0. The molecule has 0 aromatic carbocycles. The van der Waals surface area contributed by atoms with Gasteiger partial charge in [-0.2, -0.15) is 0 Å². The predicted molar refractivity (Wildman–Crippen MR) is 55.1 cm³/mol. The minimum Gasteiger partial charge on any atom is -0.322 e. The average molecular weight is 181 g/mol. The van der Waals surface area contributed by atoms with Gasteiger partial charge in [-0.05, 0) is 18.8 Å². The Morgan fingerprint density at radius 2 is 2.15 bits per heavy atom. The van der Waals surface area contributed by atoms with E-state index in [9.17, 15) is 4.79 Å². The van der Waals surface area contributed by atoms with E-state index in [4.69, 9.17) is 12.2 Å². The van der Waals surface area contributed by atoms with Crippen LogP contribution < -0.4 is 5.73 Å². The van der Waals surface area contributed by atoms with Crippen LogP contribution in [0, 0.1) is 18.3 Å². The Labute approximate surface area is 80.9 Å². The van der Waals surface area contributed by atoms with Crippen molar-refractivity contribution < 1.29 is 4.79 Å². The van der Waals surface area contributed by atoms with Crippen LogP contribution in [0.1, 0.15) is 39.5 Å². The molecule has 0 aromatic heterocycles. The number of unbranched alkanes of at least 4 members (excludes halogenated alkanes) is 1. The minimum absolute atomic E-state index is 0.143. The third-order valence-electron chi connectivity index (χ3n) is 1.88. The molecule has 0 aliphatic carbocycles. The number of carbonyl (C=O) groups excluding carboxylic acids is 1. The number of Topliss-reactive ketones (excluding diaryl/α,β-unsaturated/α-hetero) is 1.